The molecule has 3 unspecified atom stereocenters. The topological polar surface area (TPSA) is 38.1 Å². The molecule has 0 spiro atoms. The summed E-state index contributed by atoms with van der Waals surface area (Å²) in [6, 6.07) is 8.51. The number of hydrogen-bond donors (Lipinski definition) is 1. The van der Waals surface area contributed by atoms with Gasteiger partial charge >= 0.3 is 0 Å². The summed E-state index contributed by atoms with van der Waals surface area (Å²) < 4.78 is 5.89. The Bertz CT molecular complexity index is 530. The van der Waals surface area contributed by atoms with Crippen molar-refractivity contribution in [1.82, 2.24) is 10.3 Å². The van der Waals surface area contributed by atoms with Gasteiger partial charge < -0.3 is 9.73 Å². The number of nitrogens with one attached hydrogen (secondary N) is 1. The van der Waals surface area contributed by atoms with Crippen LogP contribution in [0.25, 0.3) is 11.1 Å². The van der Waals surface area contributed by atoms with Crippen LogP contribution in [-0.4, -0.2) is 17.6 Å². The zero-order valence-corrected chi connectivity index (χ0v) is 12.4. The number of likely N-dealkylation sites (N-methyl/N-ethyl adjacent to an activating group) is 1. The van der Waals surface area contributed by atoms with Crippen molar-refractivity contribution in [3.8, 4) is 0 Å². The molecule has 1 aliphatic rings. The van der Waals surface area contributed by atoms with Gasteiger partial charge in [0.05, 0.1) is 0 Å². The number of nitrogens with zero attached hydrogens (tertiary/aromatic N) is 1. The van der Waals surface area contributed by atoms with E-state index in [9.17, 15) is 0 Å². The highest BCUT2D eigenvalue weighted by molar-refractivity contribution is 5.72. The van der Waals surface area contributed by atoms with Crippen LogP contribution in [-0.2, 0) is 6.42 Å². The molecule has 1 aromatic carbocycles. The lowest BCUT2D eigenvalue weighted by molar-refractivity contribution is 0.285. The summed E-state index contributed by atoms with van der Waals surface area (Å²) in [6.07, 6.45) is 4.96. The van der Waals surface area contributed by atoms with E-state index in [1.165, 1.54) is 19.3 Å². The first-order valence-electron chi connectivity index (χ1n) is 7.85. The Kier molecular flexibility index (Phi) is 4.06. The van der Waals surface area contributed by atoms with Crippen LogP contribution in [0.5, 0.6) is 0 Å². The van der Waals surface area contributed by atoms with Crippen molar-refractivity contribution in [3.63, 3.8) is 0 Å². The van der Waals surface area contributed by atoms with Gasteiger partial charge in [-0.2, -0.15) is 0 Å². The molecule has 20 heavy (non-hydrogen) atoms. The van der Waals surface area contributed by atoms with E-state index < -0.39 is 0 Å². The molecule has 3 nitrogen and oxygen atoms in total. The smallest absolute Gasteiger partial charge is 0.197 e. The number of oxazole rings is 1. The highest BCUT2D eigenvalue weighted by Crippen LogP contribution is 2.34. The van der Waals surface area contributed by atoms with Crippen molar-refractivity contribution in [2.24, 2.45) is 11.8 Å². The lowest BCUT2D eigenvalue weighted by Crippen LogP contribution is -2.39. The molecule has 0 amide bonds. The van der Waals surface area contributed by atoms with Gasteiger partial charge in [-0.15, -0.1) is 0 Å². The third-order valence-corrected chi connectivity index (χ3v) is 4.64. The van der Waals surface area contributed by atoms with Gasteiger partial charge in [0.25, 0.3) is 0 Å². The van der Waals surface area contributed by atoms with Crippen LogP contribution in [0.1, 0.15) is 39.0 Å². The summed E-state index contributed by atoms with van der Waals surface area (Å²) in [5.41, 5.74) is 1.87. The third-order valence-electron chi connectivity index (χ3n) is 4.64. The van der Waals surface area contributed by atoms with Crippen molar-refractivity contribution in [2.45, 2.75) is 45.6 Å². The van der Waals surface area contributed by atoms with Gasteiger partial charge in [-0.3, -0.25) is 0 Å². The molecule has 3 rings (SSSR count). The molecular weight excluding hydrogens is 248 g/mol. The van der Waals surface area contributed by atoms with Gasteiger partial charge in [0.15, 0.2) is 11.5 Å². The summed E-state index contributed by atoms with van der Waals surface area (Å²) in [6.45, 7) is 5.57. The maximum absolute atomic E-state index is 5.89. The molecule has 3 heteroatoms. The quantitative estimate of drug-likeness (QED) is 0.900. The van der Waals surface area contributed by atoms with Crippen LogP contribution >= 0.6 is 0 Å². The predicted octanol–water partition coefficient (Wildman–Crippen LogP) is 3.78. The first kappa shape index (κ1) is 13.6. The average Bonchev–Trinajstić information content (AvgIpc) is 3.03. The highest BCUT2D eigenvalue weighted by atomic mass is 16.3. The molecule has 1 saturated carbocycles. The zero-order chi connectivity index (χ0) is 13.9. The number of aromatic nitrogens is 1. The van der Waals surface area contributed by atoms with E-state index in [-0.39, 0.29) is 0 Å². The van der Waals surface area contributed by atoms with Crippen LogP contribution in [0.15, 0.2) is 28.7 Å². The number of benzene rings is 1. The third kappa shape index (κ3) is 2.73. The molecule has 0 aliphatic heterocycles. The Balaban J connectivity index is 1.78. The summed E-state index contributed by atoms with van der Waals surface area (Å²) in [4.78, 5) is 4.62. The molecule has 1 aromatic heterocycles. The minimum absolute atomic E-state index is 0.491. The number of hydrogen-bond acceptors (Lipinski definition) is 3. The minimum atomic E-state index is 0.491. The van der Waals surface area contributed by atoms with Crippen LogP contribution < -0.4 is 5.32 Å². The molecule has 2 aromatic rings. The summed E-state index contributed by atoms with van der Waals surface area (Å²) in [7, 11) is 0. The summed E-state index contributed by atoms with van der Waals surface area (Å²) in [5.74, 6) is 2.43. The van der Waals surface area contributed by atoms with Crippen molar-refractivity contribution in [3.05, 3.63) is 30.2 Å². The fraction of sp³-hybridized carbons (Fsp3) is 0.588. The van der Waals surface area contributed by atoms with E-state index in [1.54, 1.807) is 0 Å². The van der Waals surface area contributed by atoms with Gasteiger partial charge in [-0.05, 0) is 36.9 Å². The van der Waals surface area contributed by atoms with Crippen molar-refractivity contribution in [1.29, 1.82) is 0 Å². The van der Waals surface area contributed by atoms with Crippen LogP contribution in [0.2, 0.25) is 0 Å². The molecule has 3 atom stereocenters. The zero-order valence-electron chi connectivity index (χ0n) is 12.4. The second kappa shape index (κ2) is 5.96. The average molecular weight is 272 g/mol. The van der Waals surface area contributed by atoms with Gasteiger partial charge in [-0.25, -0.2) is 4.98 Å². The molecule has 1 N–H and O–H groups in total. The van der Waals surface area contributed by atoms with E-state index in [2.05, 4.69) is 24.1 Å². The van der Waals surface area contributed by atoms with Crippen LogP contribution in [0, 0.1) is 11.8 Å². The van der Waals surface area contributed by atoms with Crippen molar-refractivity contribution < 1.29 is 4.42 Å². The molecular formula is C17H24N2O. The molecule has 0 radical (unpaired) electrons. The van der Waals surface area contributed by atoms with Crippen LogP contribution in [0.4, 0.5) is 0 Å². The van der Waals surface area contributed by atoms with E-state index in [1.807, 2.05) is 24.3 Å². The normalized spacial score (nSPS) is 24.3. The van der Waals surface area contributed by atoms with E-state index in [0.717, 1.165) is 41.8 Å². The number of fused-ring (bicyclic) bond motifs is 1. The lowest BCUT2D eigenvalue weighted by Gasteiger charge is -2.26. The largest absolute Gasteiger partial charge is 0.441 e. The van der Waals surface area contributed by atoms with Gasteiger partial charge in [-0.1, -0.05) is 38.8 Å². The van der Waals surface area contributed by atoms with E-state index >= 15 is 0 Å². The Morgan fingerprint density at radius 1 is 1.35 bits per heavy atom. The molecule has 1 heterocycles. The maximum Gasteiger partial charge on any atom is 0.197 e. The summed E-state index contributed by atoms with van der Waals surface area (Å²) in [5, 5.41) is 3.65. The lowest BCUT2D eigenvalue weighted by atomic mass is 9.88. The highest BCUT2D eigenvalue weighted by Gasteiger charge is 2.31. The van der Waals surface area contributed by atoms with Crippen molar-refractivity contribution in [2.75, 3.05) is 6.54 Å². The fourth-order valence-electron chi connectivity index (χ4n) is 3.60. The SMILES string of the molecule is CCNC(Cc1nc2ccccc2o1)C1CCCC1C. The second-order valence-electron chi connectivity index (χ2n) is 6.02. The Morgan fingerprint density at radius 2 is 2.20 bits per heavy atom. The fourth-order valence-corrected chi connectivity index (χ4v) is 3.60. The number of para-hydroxylation sites is 2. The number of rotatable bonds is 5. The predicted molar refractivity (Wildman–Crippen MR) is 81.7 cm³/mol. The first-order chi connectivity index (χ1) is 9.78. The Hall–Kier alpha value is -1.35. The van der Waals surface area contributed by atoms with Gasteiger partial charge in [0.1, 0.15) is 5.52 Å². The Morgan fingerprint density at radius 3 is 2.90 bits per heavy atom. The molecule has 0 saturated heterocycles. The van der Waals surface area contributed by atoms with Gasteiger partial charge in [0.2, 0.25) is 0 Å². The first-order valence-corrected chi connectivity index (χ1v) is 7.85. The van der Waals surface area contributed by atoms with Crippen molar-refractivity contribution >= 4 is 11.1 Å². The van der Waals surface area contributed by atoms with Gasteiger partial charge in [0, 0.05) is 12.5 Å². The molecule has 108 valence electrons. The molecule has 1 aliphatic carbocycles. The minimum Gasteiger partial charge on any atom is -0.441 e. The second-order valence-corrected chi connectivity index (χ2v) is 6.02. The van der Waals surface area contributed by atoms with E-state index in [0.29, 0.717) is 6.04 Å². The maximum atomic E-state index is 5.89. The standard InChI is InChI=1S/C17H24N2O/c1-3-18-15(13-8-6-7-12(13)2)11-17-19-14-9-4-5-10-16(14)20-17/h4-5,9-10,12-13,15,18H,3,6-8,11H2,1-2H3. The summed E-state index contributed by atoms with van der Waals surface area (Å²) >= 11 is 0. The molecule has 0 bridgehead atoms. The molecule has 1 fully saturated rings. The van der Waals surface area contributed by atoms with Crippen LogP contribution in [0.3, 0.4) is 0 Å². The monoisotopic (exact) mass is 272 g/mol. The van der Waals surface area contributed by atoms with E-state index in [4.69, 9.17) is 4.42 Å². The Labute approximate surface area is 120 Å².